The molecule has 1 aliphatic carbocycles. The molecule has 0 atom stereocenters. The summed E-state index contributed by atoms with van der Waals surface area (Å²) >= 11 is 10.7. The fourth-order valence-electron chi connectivity index (χ4n) is 1.37. The lowest BCUT2D eigenvalue weighted by Crippen LogP contribution is -2.18. The standard InChI is InChI=1S/C10H11ClN2O2S2/c11-8-4-1-6(10(12)16)5-9(8)13-17(14,15)7-2-3-7/h1,4-5,7,13H,2-3H2,(H2,12,16). The molecule has 7 heteroatoms. The Kier molecular flexibility index (Phi) is 3.29. The Morgan fingerprint density at radius 3 is 2.65 bits per heavy atom. The average Bonchev–Trinajstić information content (AvgIpc) is 3.04. The zero-order valence-corrected chi connectivity index (χ0v) is 11.2. The van der Waals surface area contributed by atoms with Crippen molar-refractivity contribution in [2.45, 2.75) is 18.1 Å². The van der Waals surface area contributed by atoms with E-state index in [9.17, 15) is 8.42 Å². The largest absolute Gasteiger partial charge is 0.389 e. The molecule has 1 aromatic rings. The summed E-state index contributed by atoms with van der Waals surface area (Å²) < 4.78 is 26.0. The number of hydrogen-bond acceptors (Lipinski definition) is 3. The van der Waals surface area contributed by atoms with Gasteiger partial charge in [-0.05, 0) is 25.0 Å². The molecule has 1 aromatic carbocycles. The van der Waals surface area contributed by atoms with Crippen LogP contribution >= 0.6 is 23.8 Å². The Morgan fingerprint density at radius 2 is 2.12 bits per heavy atom. The average molecular weight is 291 g/mol. The Balaban J connectivity index is 2.31. The van der Waals surface area contributed by atoms with Crippen LogP contribution in [0.3, 0.4) is 0 Å². The van der Waals surface area contributed by atoms with Gasteiger partial charge in [0.05, 0.1) is 16.0 Å². The van der Waals surface area contributed by atoms with Crippen molar-refractivity contribution in [1.29, 1.82) is 0 Å². The predicted molar refractivity (Wildman–Crippen MR) is 72.9 cm³/mol. The van der Waals surface area contributed by atoms with Crippen molar-refractivity contribution < 1.29 is 8.42 Å². The van der Waals surface area contributed by atoms with E-state index in [4.69, 9.17) is 29.6 Å². The minimum absolute atomic E-state index is 0.202. The van der Waals surface area contributed by atoms with Crippen molar-refractivity contribution >= 4 is 44.5 Å². The summed E-state index contributed by atoms with van der Waals surface area (Å²) in [5, 5.41) is 0.0290. The number of nitrogens with one attached hydrogen (secondary N) is 1. The van der Waals surface area contributed by atoms with Crippen molar-refractivity contribution in [2.75, 3.05) is 4.72 Å². The number of rotatable bonds is 4. The van der Waals surface area contributed by atoms with Gasteiger partial charge in [0.25, 0.3) is 0 Å². The third-order valence-electron chi connectivity index (χ3n) is 2.47. The molecule has 0 radical (unpaired) electrons. The van der Waals surface area contributed by atoms with Crippen LogP contribution in [-0.2, 0) is 10.0 Å². The van der Waals surface area contributed by atoms with E-state index in [-0.39, 0.29) is 10.2 Å². The Morgan fingerprint density at radius 1 is 1.47 bits per heavy atom. The van der Waals surface area contributed by atoms with Crippen molar-refractivity contribution in [3.63, 3.8) is 0 Å². The second-order valence-electron chi connectivity index (χ2n) is 3.91. The molecule has 0 saturated heterocycles. The van der Waals surface area contributed by atoms with Crippen LogP contribution in [0.25, 0.3) is 0 Å². The number of thiocarbonyl (C=S) groups is 1. The van der Waals surface area contributed by atoms with Crippen LogP contribution < -0.4 is 10.5 Å². The Hall–Kier alpha value is -0.850. The first-order valence-electron chi connectivity index (χ1n) is 5.01. The second kappa shape index (κ2) is 4.44. The van der Waals surface area contributed by atoms with Gasteiger partial charge in [-0.15, -0.1) is 0 Å². The van der Waals surface area contributed by atoms with Crippen molar-refractivity contribution in [3.05, 3.63) is 28.8 Å². The highest BCUT2D eigenvalue weighted by Crippen LogP contribution is 2.32. The monoisotopic (exact) mass is 290 g/mol. The molecule has 0 unspecified atom stereocenters. The third kappa shape index (κ3) is 2.88. The van der Waals surface area contributed by atoms with Crippen LogP contribution in [0.1, 0.15) is 18.4 Å². The number of benzene rings is 1. The molecule has 1 fully saturated rings. The van der Waals surface area contributed by atoms with Gasteiger partial charge in [-0.3, -0.25) is 4.72 Å². The Bertz CT molecular complexity index is 568. The highest BCUT2D eigenvalue weighted by molar-refractivity contribution is 7.93. The van der Waals surface area contributed by atoms with Crippen LogP contribution in [0.4, 0.5) is 5.69 Å². The topological polar surface area (TPSA) is 72.2 Å². The van der Waals surface area contributed by atoms with Gasteiger partial charge in [-0.1, -0.05) is 29.9 Å². The van der Waals surface area contributed by atoms with Crippen LogP contribution in [0, 0.1) is 0 Å². The van der Waals surface area contributed by atoms with Gasteiger partial charge in [0.1, 0.15) is 4.99 Å². The van der Waals surface area contributed by atoms with E-state index in [1.807, 2.05) is 0 Å². The number of hydrogen-bond donors (Lipinski definition) is 2. The summed E-state index contributed by atoms with van der Waals surface area (Å²) in [7, 11) is -3.32. The molecular weight excluding hydrogens is 280 g/mol. The molecule has 1 saturated carbocycles. The maximum Gasteiger partial charge on any atom is 0.235 e. The van der Waals surface area contributed by atoms with E-state index < -0.39 is 10.0 Å². The molecule has 0 bridgehead atoms. The summed E-state index contributed by atoms with van der Waals surface area (Å²) in [5.74, 6) is 0. The molecule has 4 nitrogen and oxygen atoms in total. The fourth-order valence-corrected chi connectivity index (χ4v) is 3.12. The van der Waals surface area contributed by atoms with E-state index in [0.29, 0.717) is 29.1 Å². The van der Waals surface area contributed by atoms with Gasteiger partial charge < -0.3 is 5.73 Å². The number of sulfonamides is 1. The van der Waals surface area contributed by atoms with Crippen molar-refractivity contribution in [3.8, 4) is 0 Å². The summed E-state index contributed by atoms with van der Waals surface area (Å²) in [4.78, 5) is 0.202. The maximum absolute atomic E-state index is 11.8. The summed E-state index contributed by atoms with van der Waals surface area (Å²) in [6, 6.07) is 4.77. The Labute approximate surface area is 110 Å². The van der Waals surface area contributed by atoms with E-state index >= 15 is 0 Å². The maximum atomic E-state index is 11.8. The van der Waals surface area contributed by atoms with Crippen LogP contribution in [0.5, 0.6) is 0 Å². The smallest absolute Gasteiger partial charge is 0.235 e. The molecule has 3 N–H and O–H groups in total. The number of nitrogens with two attached hydrogens (primary N) is 1. The molecule has 17 heavy (non-hydrogen) atoms. The lowest BCUT2D eigenvalue weighted by atomic mass is 10.2. The minimum atomic E-state index is -3.32. The van der Waals surface area contributed by atoms with Crippen LogP contribution in [0.15, 0.2) is 18.2 Å². The first-order chi connectivity index (χ1) is 7.90. The zero-order valence-electron chi connectivity index (χ0n) is 8.81. The van der Waals surface area contributed by atoms with Gasteiger partial charge >= 0.3 is 0 Å². The second-order valence-corrected chi connectivity index (χ2v) is 6.71. The van der Waals surface area contributed by atoms with E-state index in [1.54, 1.807) is 18.2 Å². The fraction of sp³-hybridized carbons (Fsp3) is 0.300. The predicted octanol–water partition coefficient (Wildman–Crippen LogP) is 1.88. The molecule has 0 aromatic heterocycles. The lowest BCUT2D eigenvalue weighted by Gasteiger charge is -2.10. The summed E-state index contributed by atoms with van der Waals surface area (Å²) in [6.45, 7) is 0. The highest BCUT2D eigenvalue weighted by Gasteiger charge is 2.36. The quantitative estimate of drug-likeness (QED) is 0.831. The molecule has 0 heterocycles. The summed E-state index contributed by atoms with van der Waals surface area (Å²) in [5.41, 5.74) is 6.38. The molecule has 0 aliphatic heterocycles. The van der Waals surface area contributed by atoms with Crippen LogP contribution in [-0.4, -0.2) is 18.7 Å². The summed E-state index contributed by atoms with van der Waals surface area (Å²) in [6.07, 6.45) is 1.39. The van der Waals surface area contributed by atoms with Gasteiger partial charge in [-0.25, -0.2) is 8.42 Å². The van der Waals surface area contributed by atoms with Gasteiger partial charge in [-0.2, -0.15) is 0 Å². The molecule has 2 rings (SSSR count). The number of anilines is 1. The van der Waals surface area contributed by atoms with E-state index in [0.717, 1.165) is 0 Å². The van der Waals surface area contributed by atoms with Crippen LogP contribution in [0.2, 0.25) is 5.02 Å². The van der Waals surface area contributed by atoms with E-state index in [1.165, 1.54) is 0 Å². The van der Waals surface area contributed by atoms with Crippen molar-refractivity contribution in [1.82, 2.24) is 0 Å². The molecule has 0 amide bonds. The molecule has 0 spiro atoms. The number of halogens is 1. The van der Waals surface area contributed by atoms with E-state index in [2.05, 4.69) is 4.72 Å². The SMILES string of the molecule is NC(=S)c1ccc(Cl)c(NS(=O)(=O)C2CC2)c1. The minimum Gasteiger partial charge on any atom is -0.389 e. The molecular formula is C10H11ClN2O2S2. The van der Waals surface area contributed by atoms with Gasteiger partial charge in [0, 0.05) is 5.56 Å². The van der Waals surface area contributed by atoms with Gasteiger partial charge in [0.15, 0.2) is 0 Å². The first-order valence-corrected chi connectivity index (χ1v) is 7.34. The van der Waals surface area contributed by atoms with Crippen molar-refractivity contribution in [2.24, 2.45) is 5.73 Å². The third-order valence-corrected chi connectivity index (χ3v) is 4.89. The molecule has 92 valence electrons. The highest BCUT2D eigenvalue weighted by atomic mass is 35.5. The normalized spacial score (nSPS) is 15.6. The first kappa shape index (κ1) is 12.6. The lowest BCUT2D eigenvalue weighted by molar-refractivity contribution is 0.600. The molecule has 1 aliphatic rings. The van der Waals surface area contributed by atoms with Gasteiger partial charge in [0.2, 0.25) is 10.0 Å². The zero-order chi connectivity index (χ0) is 12.6.